The Kier molecular flexibility index (Phi) is 9.00. The Morgan fingerprint density at radius 3 is 2.83 bits per heavy atom. The molecular formula is C18H29ClFN7O3. The fourth-order valence-electron chi connectivity index (χ4n) is 3.38. The van der Waals surface area contributed by atoms with Crippen molar-refractivity contribution in [3.8, 4) is 0 Å². The molecule has 2 unspecified atom stereocenters. The minimum absolute atomic E-state index is 0.0176. The molecule has 10 nitrogen and oxygen atoms in total. The van der Waals surface area contributed by atoms with Crippen LogP contribution in [0.25, 0.3) is 0 Å². The van der Waals surface area contributed by atoms with Crippen LogP contribution in [0.2, 0.25) is 5.28 Å². The number of piperazine rings is 1. The van der Waals surface area contributed by atoms with Gasteiger partial charge in [0.15, 0.2) is 11.6 Å². The van der Waals surface area contributed by atoms with Crippen molar-refractivity contribution in [2.24, 2.45) is 5.92 Å². The summed E-state index contributed by atoms with van der Waals surface area (Å²) in [6, 6.07) is 0.0176. The number of rotatable bonds is 10. The molecule has 0 aromatic carbocycles. The van der Waals surface area contributed by atoms with Crippen LogP contribution in [0.1, 0.15) is 33.1 Å². The highest BCUT2D eigenvalue weighted by molar-refractivity contribution is 6.28. The van der Waals surface area contributed by atoms with E-state index in [0.717, 1.165) is 25.9 Å². The van der Waals surface area contributed by atoms with E-state index in [4.69, 9.17) is 11.6 Å². The number of amides is 2. The van der Waals surface area contributed by atoms with Gasteiger partial charge < -0.3 is 9.80 Å². The SMILES string of the molecule is CCCCC(CN(O)C=O)C(=O)NNc1nc(Cl)nc(N2CCN(C)CC2C)c1F. The second-order valence-electron chi connectivity index (χ2n) is 7.46. The summed E-state index contributed by atoms with van der Waals surface area (Å²) in [6.07, 6.45) is 2.25. The standard InChI is InChI=1S/C18H29ClFN7O3/c1-4-5-6-13(10-26(30)11-28)17(29)24-23-15-14(20)16(22-18(19)21-15)27-8-7-25(3)9-12(27)2/h11-13,30H,4-10H2,1-3H3,(H,24,29)(H,21,22,23). The van der Waals surface area contributed by atoms with Gasteiger partial charge in [-0.1, -0.05) is 19.8 Å². The average molecular weight is 446 g/mol. The summed E-state index contributed by atoms with van der Waals surface area (Å²) in [5.74, 6) is -2.09. The minimum Gasteiger partial charge on any atom is -0.349 e. The number of nitrogens with zero attached hydrogens (tertiary/aromatic N) is 5. The summed E-state index contributed by atoms with van der Waals surface area (Å²) in [7, 11) is 1.99. The maximum absolute atomic E-state index is 15.1. The van der Waals surface area contributed by atoms with E-state index in [1.54, 1.807) is 0 Å². The van der Waals surface area contributed by atoms with E-state index in [0.29, 0.717) is 18.0 Å². The fourth-order valence-corrected chi connectivity index (χ4v) is 3.55. The first-order chi connectivity index (χ1) is 14.3. The second-order valence-corrected chi connectivity index (χ2v) is 7.80. The van der Waals surface area contributed by atoms with E-state index >= 15 is 4.39 Å². The maximum atomic E-state index is 15.1. The molecule has 3 N–H and O–H groups in total. The van der Waals surface area contributed by atoms with Crippen LogP contribution in [0, 0.1) is 11.7 Å². The number of halogens is 2. The second kappa shape index (κ2) is 11.2. The Hall–Kier alpha value is -2.24. The van der Waals surface area contributed by atoms with Crippen molar-refractivity contribution in [3.63, 3.8) is 0 Å². The van der Waals surface area contributed by atoms with E-state index < -0.39 is 17.6 Å². The van der Waals surface area contributed by atoms with Crippen molar-refractivity contribution in [1.82, 2.24) is 25.4 Å². The van der Waals surface area contributed by atoms with E-state index in [1.165, 1.54) is 0 Å². The minimum atomic E-state index is -0.724. The molecule has 30 heavy (non-hydrogen) atoms. The Morgan fingerprint density at radius 2 is 2.20 bits per heavy atom. The van der Waals surface area contributed by atoms with Gasteiger partial charge in [-0.15, -0.1) is 0 Å². The average Bonchev–Trinajstić information content (AvgIpc) is 2.71. The van der Waals surface area contributed by atoms with Gasteiger partial charge in [0.2, 0.25) is 23.4 Å². The zero-order chi connectivity index (χ0) is 22.3. The number of hydrazine groups is 1. The third kappa shape index (κ3) is 6.38. The Balaban J connectivity index is 2.12. The molecule has 0 saturated carbocycles. The first kappa shape index (κ1) is 24.0. The van der Waals surface area contributed by atoms with Gasteiger partial charge in [0.25, 0.3) is 0 Å². The van der Waals surface area contributed by atoms with Gasteiger partial charge in [0.1, 0.15) is 0 Å². The van der Waals surface area contributed by atoms with Crippen molar-refractivity contribution in [3.05, 3.63) is 11.1 Å². The normalized spacial score (nSPS) is 18.1. The van der Waals surface area contributed by atoms with Crippen LogP contribution in [-0.2, 0) is 9.59 Å². The summed E-state index contributed by atoms with van der Waals surface area (Å²) in [5.41, 5.74) is 4.86. The number of unbranched alkanes of at least 4 members (excludes halogenated alkanes) is 1. The Labute approximate surface area is 180 Å². The number of aromatic nitrogens is 2. The number of hydrogen-bond donors (Lipinski definition) is 3. The van der Waals surface area contributed by atoms with Crippen LogP contribution in [0.15, 0.2) is 0 Å². The third-order valence-electron chi connectivity index (χ3n) is 5.02. The molecule has 1 aliphatic heterocycles. The Morgan fingerprint density at radius 1 is 1.47 bits per heavy atom. The van der Waals surface area contributed by atoms with E-state index in [2.05, 4.69) is 25.7 Å². The molecule has 2 atom stereocenters. The zero-order valence-corrected chi connectivity index (χ0v) is 18.2. The number of carbonyl (C=O) groups excluding carboxylic acids is 2. The molecule has 2 rings (SSSR count). The third-order valence-corrected chi connectivity index (χ3v) is 5.19. The van der Waals surface area contributed by atoms with Gasteiger partial charge in [0, 0.05) is 25.7 Å². The maximum Gasteiger partial charge on any atom is 0.243 e. The van der Waals surface area contributed by atoms with Crippen LogP contribution in [0.5, 0.6) is 0 Å². The molecule has 0 bridgehead atoms. The monoisotopic (exact) mass is 445 g/mol. The Bertz CT molecular complexity index is 742. The lowest BCUT2D eigenvalue weighted by Gasteiger charge is -2.39. The zero-order valence-electron chi connectivity index (χ0n) is 17.4. The van der Waals surface area contributed by atoms with E-state index in [-0.39, 0.29) is 35.9 Å². The number of hydrogen-bond acceptors (Lipinski definition) is 8. The van der Waals surface area contributed by atoms with E-state index in [9.17, 15) is 14.8 Å². The summed E-state index contributed by atoms with van der Waals surface area (Å²) in [4.78, 5) is 35.0. The molecule has 12 heteroatoms. The van der Waals surface area contributed by atoms with Crippen molar-refractivity contribution in [2.75, 3.05) is 43.6 Å². The van der Waals surface area contributed by atoms with E-state index in [1.807, 2.05) is 25.8 Å². The first-order valence-corrected chi connectivity index (χ1v) is 10.3. The van der Waals surface area contributed by atoms with Crippen LogP contribution in [0.3, 0.4) is 0 Å². The van der Waals surface area contributed by atoms with Crippen LogP contribution >= 0.6 is 11.6 Å². The number of hydroxylamine groups is 2. The molecular weight excluding hydrogens is 417 g/mol. The van der Waals surface area contributed by atoms with Crippen molar-refractivity contribution < 1.29 is 19.2 Å². The summed E-state index contributed by atoms with van der Waals surface area (Å²) >= 11 is 5.99. The van der Waals surface area contributed by atoms with Gasteiger partial charge >= 0.3 is 0 Å². The summed E-state index contributed by atoms with van der Waals surface area (Å²) < 4.78 is 15.1. The highest BCUT2D eigenvalue weighted by Crippen LogP contribution is 2.27. The predicted molar refractivity (Wildman–Crippen MR) is 111 cm³/mol. The molecule has 0 aliphatic carbocycles. The van der Waals surface area contributed by atoms with Gasteiger partial charge in [-0.05, 0) is 32.0 Å². The summed E-state index contributed by atoms with van der Waals surface area (Å²) in [5, 5.41) is 9.68. The summed E-state index contributed by atoms with van der Waals surface area (Å²) in [6.45, 7) is 5.82. The molecule has 168 valence electrons. The predicted octanol–water partition coefficient (Wildman–Crippen LogP) is 1.51. The molecule has 1 aromatic rings. The smallest absolute Gasteiger partial charge is 0.243 e. The molecule has 1 fully saturated rings. The van der Waals surface area contributed by atoms with Crippen molar-refractivity contribution in [2.45, 2.75) is 39.2 Å². The lowest BCUT2D eigenvalue weighted by atomic mass is 10.0. The largest absolute Gasteiger partial charge is 0.349 e. The van der Waals surface area contributed by atoms with Crippen LogP contribution in [-0.4, -0.2) is 76.7 Å². The molecule has 0 spiro atoms. The molecule has 2 heterocycles. The quantitative estimate of drug-likeness (QED) is 0.215. The number of likely N-dealkylation sites (N-methyl/N-ethyl adjacent to an activating group) is 1. The molecule has 1 aliphatic rings. The first-order valence-electron chi connectivity index (χ1n) is 9.91. The van der Waals surface area contributed by atoms with Crippen molar-refractivity contribution in [1.29, 1.82) is 0 Å². The van der Waals surface area contributed by atoms with Gasteiger partial charge in [0.05, 0.1) is 12.5 Å². The number of anilines is 2. The topological polar surface area (TPSA) is 114 Å². The lowest BCUT2D eigenvalue weighted by Crippen LogP contribution is -2.51. The highest BCUT2D eigenvalue weighted by atomic mass is 35.5. The highest BCUT2D eigenvalue weighted by Gasteiger charge is 2.28. The fraction of sp³-hybridized carbons (Fsp3) is 0.667. The van der Waals surface area contributed by atoms with Gasteiger partial charge in [-0.25, -0.2) is 5.06 Å². The van der Waals surface area contributed by atoms with Gasteiger partial charge in [-0.2, -0.15) is 14.4 Å². The molecule has 2 amide bonds. The number of nitrogens with one attached hydrogen (secondary N) is 2. The van der Waals surface area contributed by atoms with Crippen molar-refractivity contribution >= 4 is 35.6 Å². The number of carbonyl (C=O) groups is 2. The molecule has 0 radical (unpaired) electrons. The van der Waals surface area contributed by atoms with Gasteiger partial charge in [-0.3, -0.25) is 25.6 Å². The molecule has 1 aromatic heterocycles. The van der Waals surface area contributed by atoms with Crippen LogP contribution in [0.4, 0.5) is 16.0 Å². The van der Waals surface area contributed by atoms with Crippen LogP contribution < -0.4 is 15.8 Å². The molecule has 1 saturated heterocycles. The lowest BCUT2D eigenvalue weighted by molar-refractivity contribution is -0.154.